The first-order valence-electron chi connectivity index (χ1n) is 9.74. The van der Waals surface area contributed by atoms with Crippen molar-refractivity contribution < 1.29 is 9.53 Å². The molecule has 2 bridgehead atoms. The zero-order valence-electron chi connectivity index (χ0n) is 15.1. The van der Waals surface area contributed by atoms with Crippen LogP contribution in [0.1, 0.15) is 43.7 Å². The van der Waals surface area contributed by atoms with E-state index < -0.39 is 5.60 Å². The number of nitrogens with zero attached hydrogens (tertiary/aromatic N) is 1. The summed E-state index contributed by atoms with van der Waals surface area (Å²) in [6.45, 7) is 3.25. The van der Waals surface area contributed by atoms with Crippen molar-refractivity contribution in [3.05, 3.63) is 58.7 Å². The van der Waals surface area contributed by atoms with E-state index in [0.29, 0.717) is 12.1 Å². The smallest absolute Gasteiger partial charge is 0.332 e. The first kappa shape index (κ1) is 15.9. The fraction of sp³-hybridized carbons (Fsp3) is 0.435. The van der Waals surface area contributed by atoms with Crippen LogP contribution >= 0.6 is 0 Å². The quantitative estimate of drug-likeness (QED) is 0.577. The van der Waals surface area contributed by atoms with E-state index in [1.54, 1.807) is 6.08 Å². The van der Waals surface area contributed by atoms with Crippen LogP contribution in [0.3, 0.4) is 0 Å². The third kappa shape index (κ3) is 2.29. The lowest BCUT2D eigenvalue weighted by molar-refractivity contribution is -0.148. The molecular weight excluding hydrogens is 322 g/mol. The number of hydrogen-bond acceptors (Lipinski definition) is 3. The van der Waals surface area contributed by atoms with E-state index in [1.165, 1.54) is 18.4 Å². The Labute approximate surface area is 154 Å². The van der Waals surface area contributed by atoms with E-state index in [4.69, 9.17) is 4.74 Å². The molecule has 3 nitrogen and oxygen atoms in total. The average molecular weight is 345 g/mol. The van der Waals surface area contributed by atoms with Crippen LogP contribution < -0.4 is 0 Å². The molecule has 0 radical (unpaired) electrons. The van der Waals surface area contributed by atoms with E-state index in [0.717, 1.165) is 42.5 Å². The largest absolute Gasteiger partial charge is 0.449 e. The van der Waals surface area contributed by atoms with Gasteiger partial charge in [-0.1, -0.05) is 43.4 Å². The summed E-state index contributed by atoms with van der Waals surface area (Å²) in [7, 11) is 0. The molecule has 1 aromatic carbocycles. The molecule has 4 aliphatic rings. The summed E-state index contributed by atoms with van der Waals surface area (Å²) in [5.74, 6) is 6.45. The van der Waals surface area contributed by atoms with Gasteiger partial charge < -0.3 is 4.74 Å². The van der Waals surface area contributed by atoms with Gasteiger partial charge in [0.15, 0.2) is 5.60 Å². The third-order valence-corrected chi connectivity index (χ3v) is 6.37. The molecule has 1 aliphatic carbocycles. The van der Waals surface area contributed by atoms with Gasteiger partial charge in [-0.25, -0.2) is 4.79 Å². The molecule has 1 spiro atoms. The fourth-order valence-electron chi connectivity index (χ4n) is 5.13. The molecule has 2 saturated heterocycles. The molecule has 0 unspecified atom stereocenters. The van der Waals surface area contributed by atoms with Gasteiger partial charge in [0.2, 0.25) is 0 Å². The van der Waals surface area contributed by atoms with Crippen LogP contribution in [0, 0.1) is 11.8 Å². The number of carbonyl (C=O) groups excluding carboxylic acids is 1. The fourth-order valence-corrected chi connectivity index (χ4v) is 5.13. The molecule has 3 aliphatic heterocycles. The maximum absolute atomic E-state index is 12.2. The molecular formula is C23H23NO2. The van der Waals surface area contributed by atoms with Gasteiger partial charge in [-0.05, 0) is 43.5 Å². The molecule has 3 heteroatoms. The molecule has 0 N–H and O–H groups in total. The standard InChI is InChI=1S/C23H23NO2/c1-2-16-6-8-17(9-7-16)10-11-18-13-19-15-23(20(18)14-22(25)26-23)21-5-3-4-12-24(19)21/h6-9,13-14,19,21H,2-5,12,15H2,1H3/t19-,21-,23+/m1/s1. The zero-order chi connectivity index (χ0) is 17.7. The van der Waals surface area contributed by atoms with Crippen LogP contribution in [0.15, 0.2) is 47.6 Å². The van der Waals surface area contributed by atoms with Gasteiger partial charge in [-0.3, -0.25) is 4.90 Å². The van der Waals surface area contributed by atoms with Gasteiger partial charge in [-0.15, -0.1) is 0 Å². The van der Waals surface area contributed by atoms with E-state index in [-0.39, 0.29) is 5.97 Å². The second kappa shape index (κ2) is 5.86. The number of ether oxygens (including phenoxy) is 1. The summed E-state index contributed by atoms with van der Waals surface area (Å²) in [6.07, 6.45) is 9.44. The van der Waals surface area contributed by atoms with Crippen molar-refractivity contribution in [1.82, 2.24) is 4.90 Å². The Kier molecular flexibility index (Phi) is 3.58. The molecule has 5 rings (SSSR count). The van der Waals surface area contributed by atoms with Crippen molar-refractivity contribution in [1.29, 1.82) is 0 Å². The minimum atomic E-state index is -0.451. The molecule has 3 atom stereocenters. The Bertz CT molecular complexity index is 883. The van der Waals surface area contributed by atoms with E-state index in [9.17, 15) is 4.79 Å². The van der Waals surface area contributed by atoms with Crippen molar-refractivity contribution in [3.63, 3.8) is 0 Å². The Morgan fingerprint density at radius 3 is 2.88 bits per heavy atom. The summed E-state index contributed by atoms with van der Waals surface area (Å²) < 4.78 is 5.94. The van der Waals surface area contributed by atoms with Crippen molar-refractivity contribution >= 4 is 5.97 Å². The zero-order valence-corrected chi connectivity index (χ0v) is 15.1. The molecule has 2 fully saturated rings. The van der Waals surface area contributed by atoms with Crippen LogP contribution in [0.4, 0.5) is 0 Å². The lowest BCUT2D eigenvalue weighted by Crippen LogP contribution is -2.48. The van der Waals surface area contributed by atoms with Crippen molar-refractivity contribution in [2.75, 3.05) is 6.54 Å². The maximum Gasteiger partial charge on any atom is 0.332 e. The molecule has 0 amide bonds. The Hall–Kier alpha value is -2.31. The SMILES string of the molecule is CCc1ccc(C#CC2=C[C@@H]3C[C@@]4(OC(=O)C=C24)[C@H]2CCCCN32)cc1. The highest BCUT2D eigenvalue weighted by Crippen LogP contribution is 2.53. The van der Waals surface area contributed by atoms with Crippen molar-refractivity contribution in [2.45, 2.75) is 56.7 Å². The van der Waals surface area contributed by atoms with E-state index >= 15 is 0 Å². The van der Waals surface area contributed by atoms with Gasteiger partial charge in [0.05, 0.1) is 6.04 Å². The van der Waals surface area contributed by atoms with Crippen molar-refractivity contribution in [2.24, 2.45) is 0 Å². The summed E-state index contributed by atoms with van der Waals surface area (Å²) in [5.41, 5.74) is 3.89. The monoisotopic (exact) mass is 345 g/mol. The number of esters is 1. The highest BCUT2D eigenvalue weighted by Gasteiger charge is 2.61. The number of hydrogen-bond donors (Lipinski definition) is 0. The predicted molar refractivity (Wildman–Crippen MR) is 100 cm³/mol. The molecule has 0 aromatic heterocycles. The molecule has 3 heterocycles. The Morgan fingerprint density at radius 1 is 1.23 bits per heavy atom. The van der Waals surface area contributed by atoms with Crippen LogP contribution in [0.5, 0.6) is 0 Å². The molecule has 132 valence electrons. The second-order valence-corrected chi connectivity index (χ2v) is 7.77. The van der Waals surface area contributed by atoms with Crippen LogP contribution in [0.25, 0.3) is 0 Å². The van der Waals surface area contributed by atoms with Gasteiger partial charge in [0, 0.05) is 35.2 Å². The predicted octanol–water partition coefficient (Wildman–Crippen LogP) is 3.39. The number of piperidine rings is 1. The summed E-state index contributed by atoms with van der Waals surface area (Å²) in [5, 5.41) is 0. The van der Waals surface area contributed by atoms with E-state index in [1.807, 2.05) is 0 Å². The number of fused-ring (bicyclic) bond motifs is 3. The van der Waals surface area contributed by atoms with Crippen LogP contribution in [-0.2, 0) is 16.0 Å². The van der Waals surface area contributed by atoms with E-state index in [2.05, 4.69) is 54.0 Å². The van der Waals surface area contributed by atoms with Gasteiger partial charge in [-0.2, -0.15) is 0 Å². The third-order valence-electron chi connectivity index (χ3n) is 6.37. The van der Waals surface area contributed by atoms with Gasteiger partial charge in [0.25, 0.3) is 0 Å². The summed E-state index contributed by atoms with van der Waals surface area (Å²) in [4.78, 5) is 14.7. The average Bonchev–Trinajstić information content (AvgIpc) is 3.15. The lowest BCUT2D eigenvalue weighted by atomic mass is 9.77. The first-order valence-corrected chi connectivity index (χ1v) is 9.74. The Balaban J connectivity index is 1.52. The van der Waals surface area contributed by atoms with Crippen LogP contribution in [-0.4, -0.2) is 35.1 Å². The van der Waals surface area contributed by atoms with Crippen LogP contribution in [0.2, 0.25) is 0 Å². The number of rotatable bonds is 1. The molecule has 0 saturated carbocycles. The highest BCUT2D eigenvalue weighted by molar-refractivity contribution is 5.90. The number of carbonyl (C=O) groups is 1. The summed E-state index contributed by atoms with van der Waals surface area (Å²) in [6, 6.07) is 9.08. The lowest BCUT2D eigenvalue weighted by Gasteiger charge is -2.38. The Morgan fingerprint density at radius 2 is 2.08 bits per heavy atom. The summed E-state index contributed by atoms with van der Waals surface area (Å²) >= 11 is 0. The normalized spacial score (nSPS) is 32.0. The molecule has 26 heavy (non-hydrogen) atoms. The number of benzene rings is 1. The first-order chi connectivity index (χ1) is 12.7. The second-order valence-electron chi connectivity index (χ2n) is 7.77. The van der Waals surface area contributed by atoms with Gasteiger partial charge >= 0.3 is 5.97 Å². The van der Waals surface area contributed by atoms with Crippen molar-refractivity contribution in [3.8, 4) is 11.8 Å². The highest BCUT2D eigenvalue weighted by atomic mass is 16.6. The van der Waals surface area contributed by atoms with Gasteiger partial charge in [0.1, 0.15) is 0 Å². The molecule has 1 aromatic rings. The topological polar surface area (TPSA) is 29.5 Å². The maximum atomic E-state index is 12.2. The minimum Gasteiger partial charge on any atom is -0.449 e. The minimum absolute atomic E-state index is 0.201. The number of aryl methyl sites for hydroxylation is 1.